The molecule has 3 rings (SSSR count). The molecule has 1 saturated heterocycles. The number of hydrogen-bond donors (Lipinski definition) is 1. The summed E-state index contributed by atoms with van der Waals surface area (Å²) in [7, 11) is 2.03. The van der Waals surface area contributed by atoms with Gasteiger partial charge in [-0.2, -0.15) is 0 Å². The molecule has 1 aliphatic rings. The molecule has 4 heteroatoms. The maximum Gasteiger partial charge on any atom is 0.122 e. The van der Waals surface area contributed by atoms with E-state index in [1.54, 1.807) is 0 Å². The van der Waals surface area contributed by atoms with Crippen molar-refractivity contribution in [3.63, 3.8) is 0 Å². The molecule has 0 radical (unpaired) electrons. The summed E-state index contributed by atoms with van der Waals surface area (Å²) in [5, 5.41) is 0. The maximum atomic E-state index is 6.30. The second kappa shape index (κ2) is 5.15. The van der Waals surface area contributed by atoms with Crippen molar-refractivity contribution < 1.29 is 0 Å². The van der Waals surface area contributed by atoms with Crippen molar-refractivity contribution in [2.24, 2.45) is 12.8 Å². The van der Waals surface area contributed by atoms with Gasteiger partial charge < -0.3 is 10.3 Å². The van der Waals surface area contributed by atoms with E-state index in [-0.39, 0.29) is 6.04 Å². The molecule has 1 fully saturated rings. The predicted octanol–water partition coefficient (Wildman–Crippen LogP) is 1.35. The molecule has 2 heterocycles. The summed E-state index contributed by atoms with van der Waals surface area (Å²) in [6.07, 6.45) is 3.83. The molecule has 0 unspecified atom stereocenters. The Labute approximate surface area is 113 Å². The molecule has 100 valence electrons. The van der Waals surface area contributed by atoms with Crippen molar-refractivity contribution in [1.82, 2.24) is 14.5 Å². The van der Waals surface area contributed by atoms with E-state index in [9.17, 15) is 0 Å². The molecule has 19 heavy (non-hydrogen) atoms. The minimum atomic E-state index is 0.211. The first-order valence-electron chi connectivity index (χ1n) is 6.73. The highest BCUT2D eigenvalue weighted by molar-refractivity contribution is 5.23. The number of hydrogen-bond acceptors (Lipinski definition) is 3. The minimum Gasteiger partial charge on any atom is -0.337 e. The van der Waals surface area contributed by atoms with Crippen LogP contribution in [0.15, 0.2) is 42.7 Å². The number of rotatable bonds is 3. The van der Waals surface area contributed by atoms with Gasteiger partial charge in [0.05, 0.1) is 6.54 Å². The lowest BCUT2D eigenvalue weighted by molar-refractivity contribution is 0.311. The van der Waals surface area contributed by atoms with Crippen molar-refractivity contribution in [1.29, 1.82) is 0 Å². The van der Waals surface area contributed by atoms with Crippen LogP contribution in [0.4, 0.5) is 0 Å². The third-order valence-corrected chi connectivity index (χ3v) is 3.95. The normalized spacial score (nSPS) is 23.9. The zero-order valence-electron chi connectivity index (χ0n) is 11.2. The quantitative estimate of drug-likeness (QED) is 0.901. The number of aromatic nitrogens is 2. The Morgan fingerprint density at radius 2 is 2.05 bits per heavy atom. The van der Waals surface area contributed by atoms with E-state index in [1.165, 1.54) is 5.56 Å². The van der Waals surface area contributed by atoms with E-state index in [4.69, 9.17) is 5.73 Å². The Morgan fingerprint density at radius 3 is 2.74 bits per heavy atom. The van der Waals surface area contributed by atoms with Gasteiger partial charge in [-0.3, -0.25) is 4.90 Å². The minimum absolute atomic E-state index is 0.211. The lowest BCUT2D eigenvalue weighted by Gasteiger charge is -2.15. The number of likely N-dealkylation sites (tertiary alicyclic amines) is 1. The van der Waals surface area contributed by atoms with Crippen LogP contribution in [-0.4, -0.2) is 33.6 Å². The molecule has 0 amide bonds. The van der Waals surface area contributed by atoms with Gasteiger partial charge in [0.1, 0.15) is 5.82 Å². The monoisotopic (exact) mass is 256 g/mol. The van der Waals surface area contributed by atoms with Crippen molar-refractivity contribution in [3.05, 3.63) is 54.1 Å². The van der Waals surface area contributed by atoms with Gasteiger partial charge in [-0.05, 0) is 5.56 Å². The summed E-state index contributed by atoms with van der Waals surface area (Å²) in [6, 6.07) is 10.8. The molecule has 1 aromatic carbocycles. The van der Waals surface area contributed by atoms with Gasteiger partial charge in [-0.1, -0.05) is 30.3 Å². The number of nitrogens with zero attached hydrogens (tertiary/aromatic N) is 3. The van der Waals surface area contributed by atoms with Crippen LogP contribution in [-0.2, 0) is 13.6 Å². The summed E-state index contributed by atoms with van der Waals surface area (Å²) in [4.78, 5) is 6.78. The Bertz CT molecular complexity index is 534. The zero-order valence-corrected chi connectivity index (χ0v) is 11.2. The highest BCUT2D eigenvalue weighted by atomic mass is 15.2. The van der Waals surface area contributed by atoms with E-state index in [1.807, 2.05) is 19.4 Å². The third kappa shape index (κ3) is 2.55. The Balaban J connectivity index is 1.70. The molecule has 4 nitrogen and oxygen atoms in total. The second-order valence-corrected chi connectivity index (χ2v) is 5.33. The lowest BCUT2D eigenvalue weighted by atomic mass is 9.95. The highest BCUT2D eigenvalue weighted by Gasteiger charge is 2.31. The first kappa shape index (κ1) is 12.4. The Kier molecular flexibility index (Phi) is 3.36. The fourth-order valence-electron chi connectivity index (χ4n) is 2.84. The van der Waals surface area contributed by atoms with Crippen LogP contribution in [0.25, 0.3) is 0 Å². The van der Waals surface area contributed by atoms with Crippen molar-refractivity contribution in [2.75, 3.05) is 13.1 Å². The molecule has 0 saturated carbocycles. The van der Waals surface area contributed by atoms with E-state index < -0.39 is 0 Å². The summed E-state index contributed by atoms with van der Waals surface area (Å²) < 4.78 is 2.07. The number of aryl methyl sites for hydroxylation is 1. The summed E-state index contributed by atoms with van der Waals surface area (Å²) >= 11 is 0. The largest absolute Gasteiger partial charge is 0.337 e. The van der Waals surface area contributed by atoms with Crippen LogP contribution in [0, 0.1) is 0 Å². The highest BCUT2D eigenvalue weighted by Crippen LogP contribution is 2.27. The second-order valence-electron chi connectivity index (χ2n) is 5.33. The van der Waals surface area contributed by atoms with E-state index in [2.05, 4.69) is 44.8 Å². The fourth-order valence-corrected chi connectivity index (χ4v) is 2.84. The molecule has 1 aromatic heterocycles. The summed E-state index contributed by atoms with van der Waals surface area (Å²) in [5.74, 6) is 1.53. The molecule has 2 N–H and O–H groups in total. The van der Waals surface area contributed by atoms with Crippen molar-refractivity contribution in [2.45, 2.75) is 18.5 Å². The van der Waals surface area contributed by atoms with E-state index >= 15 is 0 Å². The van der Waals surface area contributed by atoms with Gasteiger partial charge in [-0.25, -0.2) is 4.98 Å². The average molecular weight is 256 g/mol. The van der Waals surface area contributed by atoms with Gasteiger partial charge in [0.15, 0.2) is 0 Å². The molecule has 1 aliphatic heterocycles. The van der Waals surface area contributed by atoms with Crippen molar-refractivity contribution >= 4 is 0 Å². The van der Waals surface area contributed by atoms with Crippen LogP contribution >= 0.6 is 0 Å². The molecular weight excluding hydrogens is 236 g/mol. The van der Waals surface area contributed by atoms with E-state index in [0.717, 1.165) is 25.5 Å². The molecule has 2 atom stereocenters. The van der Waals surface area contributed by atoms with Crippen LogP contribution in [0.5, 0.6) is 0 Å². The standard InChI is InChI=1S/C15H20N4/c1-18-8-7-17-15(18)11-19-9-13(14(16)10-19)12-5-3-2-4-6-12/h2-8,13-14H,9-11,16H2,1H3/t13-,14+/m0/s1. The fraction of sp³-hybridized carbons (Fsp3) is 0.400. The Morgan fingerprint density at radius 1 is 1.26 bits per heavy atom. The van der Waals surface area contributed by atoms with Crippen LogP contribution in [0.1, 0.15) is 17.3 Å². The van der Waals surface area contributed by atoms with Crippen LogP contribution in [0.2, 0.25) is 0 Å². The molecule has 0 aliphatic carbocycles. The predicted molar refractivity (Wildman–Crippen MR) is 75.6 cm³/mol. The number of imidazole rings is 1. The third-order valence-electron chi connectivity index (χ3n) is 3.95. The summed E-state index contributed by atoms with van der Waals surface area (Å²) in [6.45, 7) is 2.82. The molecule has 2 aromatic rings. The molecule has 0 spiro atoms. The van der Waals surface area contributed by atoms with Gasteiger partial charge in [0, 0.05) is 44.5 Å². The SMILES string of the molecule is Cn1ccnc1CN1C[C@@H](N)[C@H](c2ccccc2)C1. The van der Waals surface area contributed by atoms with Gasteiger partial charge in [-0.15, -0.1) is 0 Å². The van der Waals surface area contributed by atoms with Gasteiger partial charge in [0.25, 0.3) is 0 Å². The molecule has 0 bridgehead atoms. The van der Waals surface area contributed by atoms with Crippen LogP contribution < -0.4 is 5.73 Å². The van der Waals surface area contributed by atoms with Crippen molar-refractivity contribution in [3.8, 4) is 0 Å². The average Bonchev–Trinajstić information content (AvgIpc) is 2.98. The topological polar surface area (TPSA) is 47.1 Å². The van der Waals surface area contributed by atoms with Gasteiger partial charge in [0.2, 0.25) is 0 Å². The van der Waals surface area contributed by atoms with Crippen LogP contribution in [0.3, 0.4) is 0 Å². The smallest absolute Gasteiger partial charge is 0.122 e. The first-order chi connectivity index (χ1) is 9.24. The maximum absolute atomic E-state index is 6.30. The lowest BCUT2D eigenvalue weighted by Crippen LogP contribution is -2.29. The Hall–Kier alpha value is -1.65. The van der Waals surface area contributed by atoms with E-state index in [0.29, 0.717) is 5.92 Å². The zero-order chi connectivity index (χ0) is 13.2. The number of nitrogens with two attached hydrogens (primary N) is 1. The first-order valence-corrected chi connectivity index (χ1v) is 6.73. The van der Waals surface area contributed by atoms with Gasteiger partial charge >= 0.3 is 0 Å². The summed E-state index contributed by atoms with van der Waals surface area (Å²) in [5.41, 5.74) is 7.64. The molecular formula is C15H20N4. The number of benzene rings is 1.